The van der Waals surface area contributed by atoms with Crippen molar-refractivity contribution in [3.63, 3.8) is 0 Å². The molecule has 1 amide bonds. The summed E-state index contributed by atoms with van der Waals surface area (Å²) >= 11 is 0. The molecule has 0 heterocycles. The normalized spacial score (nSPS) is 24.2. The predicted octanol–water partition coefficient (Wildman–Crippen LogP) is 3.31. The van der Waals surface area contributed by atoms with E-state index in [-0.39, 0.29) is 23.4 Å². The second-order valence-electron chi connectivity index (χ2n) is 6.73. The third-order valence-electron chi connectivity index (χ3n) is 5.07. The number of benzene rings is 1. The maximum absolute atomic E-state index is 12.5. The topological polar surface area (TPSA) is 90.7 Å². The summed E-state index contributed by atoms with van der Waals surface area (Å²) in [6.07, 6.45) is 2.47. The first kappa shape index (κ1) is 19.0. The third kappa shape index (κ3) is 4.61. The number of nitrogens with one attached hydrogen (secondary N) is 1. The molecular formula is C18H26N2O5. The van der Waals surface area contributed by atoms with Gasteiger partial charge in [-0.1, -0.05) is 26.7 Å². The van der Waals surface area contributed by atoms with Gasteiger partial charge < -0.3 is 14.8 Å². The number of nitro benzene ring substituents is 1. The lowest BCUT2D eigenvalue weighted by molar-refractivity contribution is -0.385. The molecule has 4 atom stereocenters. The first-order valence-electron chi connectivity index (χ1n) is 8.63. The largest absolute Gasteiger partial charge is 0.493 e. The predicted molar refractivity (Wildman–Crippen MR) is 93.8 cm³/mol. The van der Waals surface area contributed by atoms with Crippen molar-refractivity contribution in [3.8, 4) is 11.5 Å². The van der Waals surface area contributed by atoms with Crippen molar-refractivity contribution >= 4 is 11.6 Å². The fraction of sp³-hybridized carbons (Fsp3) is 0.611. The molecule has 7 nitrogen and oxygen atoms in total. The highest BCUT2D eigenvalue weighted by Crippen LogP contribution is 2.32. The average molecular weight is 350 g/mol. The first-order valence-corrected chi connectivity index (χ1v) is 8.63. The molecule has 1 fully saturated rings. The molecule has 1 aliphatic rings. The Kier molecular flexibility index (Phi) is 6.22. The minimum atomic E-state index is -0.777. The van der Waals surface area contributed by atoms with Crippen LogP contribution in [0.15, 0.2) is 18.2 Å². The summed E-state index contributed by atoms with van der Waals surface area (Å²) in [5.41, 5.74) is -0.113. The number of ether oxygens (including phenoxy) is 2. The summed E-state index contributed by atoms with van der Waals surface area (Å²) in [4.78, 5) is 22.9. The molecule has 1 aliphatic carbocycles. The fourth-order valence-corrected chi connectivity index (χ4v) is 3.20. The van der Waals surface area contributed by atoms with Crippen LogP contribution in [0, 0.1) is 22.0 Å². The lowest BCUT2D eigenvalue weighted by Crippen LogP contribution is -2.48. The van der Waals surface area contributed by atoms with Crippen molar-refractivity contribution < 1.29 is 19.2 Å². The Morgan fingerprint density at radius 3 is 2.68 bits per heavy atom. The lowest BCUT2D eigenvalue weighted by atomic mass is 9.78. The molecule has 2 rings (SSSR count). The molecule has 0 bridgehead atoms. The van der Waals surface area contributed by atoms with Crippen LogP contribution in [0.3, 0.4) is 0 Å². The van der Waals surface area contributed by atoms with Gasteiger partial charge in [0.2, 0.25) is 0 Å². The van der Waals surface area contributed by atoms with Gasteiger partial charge in [-0.25, -0.2) is 0 Å². The minimum absolute atomic E-state index is 0.113. The number of carbonyl (C=O) groups is 1. The van der Waals surface area contributed by atoms with E-state index in [1.165, 1.54) is 31.7 Å². The van der Waals surface area contributed by atoms with Gasteiger partial charge in [0.15, 0.2) is 17.6 Å². The highest BCUT2D eigenvalue weighted by atomic mass is 16.6. The van der Waals surface area contributed by atoms with Crippen molar-refractivity contribution in [1.82, 2.24) is 5.32 Å². The number of amides is 1. The van der Waals surface area contributed by atoms with Crippen molar-refractivity contribution in [2.24, 2.45) is 11.8 Å². The molecule has 1 aromatic rings. The summed E-state index contributed by atoms with van der Waals surface area (Å²) in [5.74, 6) is 1.30. The van der Waals surface area contributed by atoms with Gasteiger partial charge in [0.1, 0.15) is 0 Å². The lowest BCUT2D eigenvalue weighted by Gasteiger charge is -2.35. The molecule has 138 valence electrons. The maximum atomic E-state index is 12.5. The molecule has 25 heavy (non-hydrogen) atoms. The van der Waals surface area contributed by atoms with Crippen molar-refractivity contribution in [1.29, 1.82) is 0 Å². The van der Waals surface area contributed by atoms with E-state index in [2.05, 4.69) is 19.2 Å². The molecule has 0 aliphatic heterocycles. The van der Waals surface area contributed by atoms with Gasteiger partial charge in [-0.05, 0) is 31.2 Å². The van der Waals surface area contributed by atoms with Crippen LogP contribution in [0.5, 0.6) is 11.5 Å². The molecule has 1 saturated carbocycles. The van der Waals surface area contributed by atoms with Crippen LogP contribution in [0.25, 0.3) is 0 Å². The second-order valence-corrected chi connectivity index (χ2v) is 6.73. The number of non-ortho nitro benzene ring substituents is 1. The molecule has 0 unspecified atom stereocenters. The van der Waals surface area contributed by atoms with Crippen molar-refractivity contribution in [2.45, 2.75) is 52.2 Å². The summed E-state index contributed by atoms with van der Waals surface area (Å²) in [7, 11) is 1.45. The van der Waals surface area contributed by atoms with E-state index in [0.717, 1.165) is 12.8 Å². The Bertz CT molecular complexity index is 634. The van der Waals surface area contributed by atoms with Gasteiger partial charge in [0.05, 0.1) is 18.1 Å². The van der Waals surface area contributed by atoms with Crippen molar-refractivity contribution in [2.75, 3.05) is 7.11 Å². The molecule has 7 heteroatoms. The van der Waals surface area contributed by atoms with Gasteiger partial charge in [-0.2, -0.15) is 0 Å². The molecule has 1 aromatic carbocycles. The van der Waals surface area contributed by atoms with E-state index >= 15 is 0 Å². The van der Waals surface area contributed by atoms with E-state index < -0.39 is 11.0 Å². The number of hydrogen-bond acceptors (Lipinski definition) is 5. The van der Waals surface area contributed by atoms with Gasteiger partial charge in [0, 0.05) is 12.1 Å². The zero-order valence-electron chi connectivity index (χ0n) is 15.2. The van der Waals surface area contributed by atoms with E-state index in [1.807, 2.05) is 0 Å². The quantitative estimate of drug-likeness (QED) is 0.628. The minimum Gasteiger partial charge on any atom is -0.493 e. The Balaban J connectivity index is 2.05. The Morgan fingerprint density at radius 1 is 1.32 bits per heavy atom. The Morgan fingerprint density at radius 2 is 2.04 bits per heavy atom. The fourth-order valence-electron chi connectivity index (χ4n) is 3.20. The van der Waals surface area contributed by atoms with E-state index in [9.17, 15) is 14.9 Å². The van der Waals surface area contributed by atoms with E-state index in [4.69, 9.17) is 9.47 Å². The number of hydrogen-bond donors (Lipinski definition) is 1. The van der Waals surface area contributed by atoms with Crippen LogP contribution in [0.4, 0.5) is 5.69 Å². The second kappa shape index (κ2) is 8.18. The van der Waals surface area contributed by atoms with Crippen LogP contribution >= 0.6 is 0 Å². The summed E-state index contributed by atoms with van der Waals surface area (Å²) < 4.78 is 10.8. The average Bonchev–Trinajstić information content (AvgIpc) is 2.58. The van der Waals surface area contributed by atoms with Gasteiger partial charge >= 0.3 is 0 Å². The molecule has 0 saturated heterocycles. The Labute approximate surface area is 147 Å². The number of nitrogens with zero attached hydrogens (tertiary/aromatic N) is 1. The monoisotopic (exact) mass is 350 g/mol. The summed E-state index contributed by atoms with van der Waals surface area (Å²) in [6, 6.07) is 4.20. The number of carbonyl (C=O) groups excluding carboxylic acids is 1. The smallest absolute Gasteiger partial charge is 0.273 e. The number of rotatable bonds is 6. The maximum Gasteiger partial charge on any atom is 0.273 e. The highest BCUT2D eigenvalue weighted by molar-refractivity contribution is 5.81. The van der Waals surface area contributed by atoms with Crippen LogP contribution < -0.4 is 14.8 Å². The van der Waals surface area contributed by atoms with E-state index in [0.29, 0.717) is 17.6 Å². The molecular weight excluding hydrogens is 324 g/mol. The van der Waals surface area contributed by atoms with Crippen LogP contribution in [0.2, 0.25) is 0 Å². The van der Waals surface area contributed by atoms with Gasteiger partial charge in [-0.15, -0.1) is 0 Å². The third-order valence-corrected chi connectivity index (χ3v) is 5.07. The zero-order valence-corrected chi connectivity index (χ0v) is 15.2. The van der Waals surface area contributed by atoms with Crippen molar-refractivity contribution in [3.05, 3.63) is 28.3 Å². The highest BCUT2D eigenvalue weighted by Gasteiger charge is 2.30. The Hall–Kier alpha value is -2.31. The zero-order chi connectivity index (χ0) is 18.6. The van der Waals surface area contributed by atoms with Gasteiger partial charge in [0.25, 0.3) is 11.6 Å². The molecule has 0 spiro atoms. The van der Waals surface area contributed by atoms with E-state index in [1.54, 1.807) is 6.92 Å². The number of nitro groups is 1. The first-order chi connectivity index (χ1) is 11.8. The summed E-state index contributed by atoms with van der Waals surface area (Å²) in [6.45, 7) is 5.99. The standard InChI is InChI=1S/C18H26N2O5/c1-11-6-5-7-15(12(11)2)19-18(21)13(3)25-17-10-14(20(22)23)8-9-16(17)24-4/h8-13,15H,5-7H2,1-4H3,(H,19,21)/t11-,12+,13+,15-/m0/s1. The molecule has 1 N–H and O–H groups in total. The number of methoxy groups -OCH3 is 1. The molecule has 0 aromatic heterocycles. The summed E-state index contributed by atoms with van der Waals surface area (Å²) in [5, 5.41) is 14.0. The van der Waals surface area contributed by atoms with Crippen LogP contribution in [-0.4, -0.2) is 30.1 Å². The van der Waals surface area contributed by atoms with Crippen LogP contribution in [-0.2, 0) is 4.79 Å². The van der Waals surface area contributed by atoms with Gasteiger partial charge in [-0.3, -0.25) is 14.9 Å². The SMILES string of the molecule is COc1ccc([N+](=O)[O-])cc1O[C@H](C)C(=O)N[C@H]1CCC[C@H](C)[C@H]1C. The molecule has 0 radical (unpaired) electrons. The van der Waals surface area contributed by atoms with Crippen LogP contribution in [0.1, 0.15) is 40.0 Å².